The summed E-state index contributed by atoms with van der Waals surface area (Å²) in [6.07, 6.45) is 6.77. The zero-order valence-corrected chi connectivity index (χ0v) is 12.1. The van der Waals surface area contributed by atoms with Gasteiger partial charge in [-0.15, -0.1) is 0 Å². The van der Waals surface area contributed by atoms with Crippen LogP contribution in [0.2, 0.25) is 0 Å². The molecule has 1 aromatic heterocycles. The van der Waals surface area contributed by atoms with Crippen molar-refractivity contribution in [2.75, 3.05) is 5.32 Å². The van der Waals surface area contributed by atoms with E-state index < -0.39 is 11.6 Å². The van der Waals surface area contributed by atoms with Gasteiger partial charge < -0.3 is 5.32 Å². The number of hydrogen-bond acceptors (Lipinski definition) is 2. The lowest BCUT2D eigenvalue weighted by molar-refractivity contribution is 0.463. The standard InChI is InChI=1S/C16H19F2N3/c1-11-6-7-14(17)16(15(11)18)19-10-12-8-9-21(20-12)13-4-2-3-5-13/h6-9,13,19H,2-5,10H2,1H3. The van der Waals surface area contributed by atoms with E-state index in [0.29, 0.717) is 18.2 Å². The number of anilines is 1. The fourth-order valence-corrected chi connectivity index (χ4v) is 2.84. The molecule has 0 unspecified atom stereocenters. The topological polar surface area (TPSA) is 29.9 Å². The first-order valence-corrected chi connectivity index (χ1v) is 7.37. The lowest BCUT2D eigenvalue weighted by atomic mass is 10.2. The Kier molecular flexibility index (Phi) is 3.90. The highest BCUT2D eigenvalue weighted by atomic mass is 19.1. The Labute approximate surface area is 123 Å². The van der Waals surface area contributed by atoms with Crippen LogP contribution in [-0.2, 0) is 6.54 Å². The van der Waals surface area contributed by atoms with E-state index in [9.17, 15) is 8.78 Å². The summed E-state index contributed by atoms with van der Waals surface area (Å²) in [7, 11) is 0. The summed E-state index contributed by atoms with van der Waals surface area (Å²) in [4.78, 5) is 0. The van der Waals surface area contributed by atoms with Gasteiger partial charge in [-0.1, -0.05) is 18.9 Å². The third-order valence-corrected chi connectivity index (χ3v) is 4.09. The molecule has 0 atom stereocenters. The van der Waals surface area contributed by atoms with E-state index in [1.165, 1.54) is 25.0 Å². The molecular weight excluding hydrogens is 272 g/mol. The van der Waals surface area contributed by atoms with Crippen LogP contribution in [0, 0.1) is 18.6 Å². The van der Waals surface area contributed by atoms with Crippen LogP contribution in [0.1, 0.15) is 43.0 Å². The number of nitrogens with zero attached hydrogens (tertiary/aromatic N) is 2. The molecule has 1 aromatic carbocycles. The molecule has 5 heteroatoms. The van der Waals surface area contributed by atoms with Gasteiger partial charge in [0.15, 0.2) is 5.82 Å². The van der Waals surface area contributed by atoms with Gasteiger partial charge in [0.2, 0.25) is 0 Å². The molecule has 1 heterocycles. The fraction of sp³-hybridized carbons (Fsp3) is 0.438. The average molecular weight is 291 g/mol. The Morgan fingerprint density at radius 2 is 2.00 bits per heavy atom. The summed E-state index contributed by atoms with van der Waals surface area (Å²) >= 11 is 0. The van der Waals surface area contributed by atoms with Gasteiger partial charge in [-0.2, -0.15) is 5.10 Å². The number of nitrogens with one attached hydrogen (secondary N) is 1. The molecule has 0 amide bonds. The lowest BCUT2D eigenvalue weighted by Gasteiger charge is -2.10. The van der Waals surface area contributed by atoms with Crippen molar-refractivity contribution in [2.24, 2.45) is 0 Å². The molecule has 0 saturated heterocycles. The predicted molar refractivity (Wildman–Crippen MR) is 78.2 cm³/mol. The maximum atomic E-state index is 13.9. The summed E-state index contributed by atoms with van der Waals surface area (Å²) in [6, 6.07) is 5.09. The highest BCUT2D eigenvalue weighted by molar-refractivity contribution is 5.49. The van der Waals surface area contributed by atoms with Gasteiger partial charge in [0.05, 0.1) is 18.3 Å². The van der Waals surface area contributed by atoms with Crippen molar-refractivity contribution < 1.29 is 8.78 Å². The van der Waals surface area contributed by atoms with Crippen LogP contribution < -0.4 is 5.32 Å². The highest BCUT2D eigenvalue weighted by Gasteiger charge is 2.17. The second-order valence-electron chi connectivity index (χ2n) is 5.63. The molecule has 21 heavy (non-hydrogen) atoms. The minimum Gasteiger partial charge on any atom is -0.375 e. The molecule has 1 saturated carbocycles. The van der Waals surface area contributed by atoms with Crippen LogP contribution in [0.4, 0.5) is 14.5 Å². The van der Waals surface area contributed by atoms with Crippen molar-refractivity contribution in [3.05, 3.63) is 47.3 Å². The molecule has 2 aromatic rings. The fourth-order valence-electron chi connectivity index (χ4n) is 2.84. The normalized spacial score (nSPS) is 15.6. The Bertz CT molecular complexity index is 630. The van der Waals surface area contributed by atoms with Crippen LogP contribution in [-0.4, -0.2) is 9.78 Å². The molecule has 3 rings (SSSR count). The minimum atomic E-state index is -0.576. The zero-order chi connectivity index (χ0) is 14.8. The molecule has 1 aliphatic rings. The highest BCUT2D eigenvalue weighted by Crippen LogP contribution is 2.29. The van der Waals surface area contributed by atoms with Gasteiger partial charge in [0.25, 0.3) is 0 Å². The van der Waals surface area contributed by atoms with E-state index in [1.54, 1.807) is 6.92 Å². The van der Waals surface area contributed by atoms with Gasteiger partial charge in [-0.3, -0.25) is 4.68 Å². The van der Waals surface area contributed by atoms with E-state index in [1.807, 2.05) is 16.9 Å². The smallest absolute Gasteiger partial charge is 0.152 e. The van der Waals surface area contributed by atoms with E-state index >= 15 is 0 Å². The molecule has 0 radical (unpaired) electrons. The van der Waals surface area contributed by atoms with Crippen molar-refractivity contribution in [2.45, 2.75) is 45.2 Å². The maximum absolute atomic E-state index is 13.9. The molecule has 112 valence electrons. The lowest BCUT2D eigenvalue weighted by Crippen LogP contribution is -2.08. The maximum Gasteiger partial charge on any atom is 0.152 e. The first-order chi connectivity index (χ1) is 10.1. The van der Waals surface area contributed by atoms with Crippen LogP contribution in [0.3, 0.4) is 0 Å². The Balaban J connectivity index is 1.69. The minimum absolute atomic E-state index is 0.0783. The third-order valence-electron chi connectivity index (χ3n) is 4.09. The molecular formula is C16H19F2N3. The van der Waals surface area contributed by atoms with Crippen LogP contribution >= 0.6 is 0 Å². The second-order valence-corrected chi connectivity index (χ2v) is 5.63. The first kappa shape index (κ1) is 14.0. The van der Waals surface area contributed by atoms with Crippen molar-refractivity contribution >= 4 is 5.69 Å². The van der Waals surface area contributed by atoms with Crippen LogP contribution in [0.15, 0.2) is 24.4 Å². The van der Waals surface area contributed by atoms with E-state index in [0.717, 1.165) is 18.5 Å². The summed E-state index contributed by atoms with van der Waals surface area (Å²) < 4.78 is 29.5. The van der Waals surface area contributed by atoms with Crippen molar-refractivity contribution in [3.63, 3.8) is 0 Å². The number of hydrogen-bond donors (Lipinski definition) is 1. The molecule has 0 bridgehead atoms. The van der Waals surface area contributed by atoms with Crippen molar-refractivity contribution in [3.8, 4) is 0 Å². The summed E-state index contributed by atoms with van der Waals surface area (Å²) in [5.74, 6) is -1.11. The second kappa shape index (κ2) is 5.84. The van der Waals surface area contributed by atoms with E-state index in [-0.39, 0.29) is 5.69 Å². The number of benzene rings is 1. The summed E-state index contributed by atoms with van der Waals surface area (Å²) in [6.45, 7) is 1.94. The Morgan fingerprint density at radius 3 is 2.76 bits per heavy atom. The van der Waals surface area contributed by atoms with Crippen molar-refractivity contribution in [1.82, 2.24) is 9.78 Å². The summed E-state index contributed by atoms with van der Waals surface area (Å²) in [5.41, 5.74) is 1.14. The number of rotatable bonds is 4. The van der Waals surface area contributed by atoms with Gasteiger partial charge >= 0.3 is 0 Å². The zero-order valence-electron chi connectivity index (χ0n) is 12.1. The monoisotopic (exact) mass is 291 g/mol. The third kappa shape index (κ3) is 2.91. The number of aromatic nitrogens is 2. The van der Waals surface area contributed by atoms with Crippen molar-refractivity contribution in [1.29, 1.82) is 0 Å². The van der Waals surface area contributed by atoms with Gasteiger partial charge in [-0.05, 0) is 37.5 Å². The molecule has 1 N–H and O–H groups in total. The van der Waals surface area contributed by atoms with Crippen LogP contribution in [0.25, 0.3) is 0 Å². The average Bonchev–Trinajstić information content (AvgIpc) is 3.13. The molecule has 0 spiro atoms. The van der Waals surface area contributed by atoms with E-state index in [4.69, 9.17) is 0 Å². The predicted octanol–water partition coefficient (Wildman–Crippen LogP) is 4.20. The largest absolute Gasteiger partial charge is 0.375 e. The number of halogens is 2. The SMILES string of the molecule is Cc1ccc(F)c(NCc2ccn(C3CCCC3)n2)c1F. The molecule has 1 aliphatic carbocycles. The first-order valence-electron chi connectivity index (χ1n) is 7.37. The number of aryl methyl sites for hydroxylation is 1. The summed E-state index contributed by atoms with van der Waals surface area (Å²) in [5, 5.41) is 7.31. The molecule has 1 fully saturated rings. The van der Waals surface area contributed by atoms with Gasteiger partial charge in [0.1, 0.15) is 11.5 Å². The van der Waals surface area contributed by atoms with Gasteiger partial charge in [-0.25, -0.2) is 8.78 Å². The Hall–Kier alpha value is -1.91. The Morgan fingerprint density at radius 1 is 1.24 bits per heavy atom. The molecule has 3 nitrogen and oxygen atoms in total. The quantitative estimate of drug-likeness (QED) is 0.915. The van der Waals surface area contributed by atoms with E-state index in [2.05, 4.69) is 10.4 Å². The van der Waals surface area contributed by atoms with Crippen LogP contribution in [0.5, 0.6) is 0 Å². The molecule has 0 aliphatic heterocycles. The van der Waals surface area contributed by atoms with Gasteiger partial charge in [0, 0.05) is 6.20 Å².